The van der Waals surface area contributed by atoms with E-state index in [2.05, 4.69) is 9.97 Å². The fourth-order valence-corrected chi connectivity index (χ4v) is 4.38. The fourth-order valence-electron chi connectivity index (χ4n) is 3.75. The first-order chi connectivity index (χ1) is 11.7. The number of aromatic nitrogens is 2. The number of carbonyl (C=O) groups is 2. The van der Waals surface area contributed by atoms with Crippen LogP contribution in [0.15, 0.2) is 35.5 Å². The second-order valence-electron chi connectivity index (χ2n) is 6.43. The summed E-state index contributed by atoms with van der Waals surface area (Å²) in [7, 11) is 0. The molecule has 2 amide bonds. The van der Waals surface area contributed by atoms with Crippen molar-refractivity contribution in [3.05, 3.63) is 41.1 Å². The summed E-state index contributed by atoms with van der Waals surface area (Å²) in [5.41, 5.74) is 0.997. The minimum absolute atomic E-state index is 0.0321. The molecule has 2 saturated heterocycles. The maximum absolute atomic E-state index is 13.1. The summed E-state index contributed by atoms with van der Waals surface area (Å²) in [5, 5.41) is 3.78. The summed E-state index contributed by atoms with van der Waals surface area (Å²) in [6, 6.07) is 1.85. The standard InChI is InChI=1S/C17H18N4O2S/c22-15(13-2-7-24-10-13)20-5-1-3-17(11-20)4-6-21(16(17)23)14-8-18-12-19-9-14/h2,7-10,12H,1,3-6,11H2. The van der Waals surface area contributed by atoms with Gasteiger partial charge >= 0.3 is 0 Å². The molecule has 7 heteroatoms. The Morgan fingerprint density at radius 1 is 1.21 bits per heavy atom. The van der Waals surface area contributed by atoms with Gasteiger partial charge in [0.1, 0.15) is 6.33 Å². The van der Waals surface area contributed by atoms with Gasteiger partial charge < -0.3 is 9.80 Å². The van der Waals surface area contributed by atoms with Gasteiger partial charge in [-0.3, -0.25) is 9.59 Å². The largest absolute Gasteiger partial charge is 0.338 e. The van der Waals surface area contributed by atoms with Crippen LogP contribution in [0.1, 0.15) is 29.6 Å². The van der Waals surface area contributed by atoms with Crippen LogP contribution in [0.5, 0.6) is 0 Å². The number of amides is 2. The highest BCUT2D eigenvalue weighted by molar-refractivity contribution is 7.08. The van der Waals surface area contributed by atoms with E-state index in [9.17, 15) is 9.59 Å². The second kappa shape index (κ2) is 5.98. The molecule has 124 valence electrons. The summed E-state index contributed by atoms with van der Waals surface area (Å²) < 4.78 is 0. The van der Waals surface area contributed by atoms with E-state index in [-0.39, 0.29) is 11.8 Å². The quantitative estimate of drug-likeness (QED) is 0.839. The predicted octanol–water partition coefficient (Wildman–Crippen LogP) is 2.20. The zero-order valence-corrected chi connectivity index (χ0v) is 14.0. The molecule has 0 bridgehead atoms. The molecule has 0 N–H and O–H groups in total. The molecule has 0 saturated carbocycles. The monoisotopic (exact) mass is 342 g/mol. The third-order valence-electron chi connectivity index (χ3n) is 5.00. The Bertz CT molecular complexity index is 749. The number of carbonyl (C=O) groups excluding carboxylic acids is 2. The Balaban J connectivity index is 1.55. The van der Waals surface area contributed by atoms with Gasteiger partial charge in [0, 0.05) is 25.0 Å². The van der Waals surface area contributed by atoms with Crippen molar-refractivity contribution in [1.82, 2.24) is 14.9 Å². The van der Waals surface area contributed by atoms with Gasteiger partial charge in [-0.1, -0.05) is 0 Å². The van der Waals surface area contributed by atoms with Crippen LogP contribution in [-0.2, 0) is 4.79 Å². The Kier molecular flexibility index (Phi) is 3.80. The Morgan fingerprint density at radius 2 is 2.04 bits per heavy atom. The van der Waals surface area contributed by atoms with Gasteiger partial charge in [0.2, 0.25) is 5.91 Å². The molecule has 2 aliphatic rings. The van der Waals surface area contributed by atoms with E-state index in [1.807, 2.05) is 21.7 Å². The summed E-state index contributed by atoms with van der Waals surface area (Å²) >= 11 is 1.52. The van der Waals surface area contributed by atoms with E-state index in [1.165, 1.54) is 17.7 Å². The molecule has 1 unspecified atom stereocenters. The third-order valence-corrected chi connectivity index (χ3v) is 5.69. The molecule has 0 radical (unpaired) electrons. The van der Waals surface area contributed by atoms with Crippen molar-refractivity contribution in [1.29, 1.82) is 0 Å². The van der Waals surface area contributed by atoms with Crippen LogP contribution in [0.25, 0.3) is 0 Å². The van der Waals surface area contributed by atoms with E-state index < -0.39 is 5.41 Å². The summed E-state index contributed by atoms with van der Waals surface area (Å²) in [6.45, 7) is 1.88. The highest BCUT2D eigenvalue weighted by Gasteiger charge is 2.50. The molecule has 6 nitrogen and oxygen atoms in total. The zero-order valence-electron chi connectivity index (χ0n) is 13.2. The number of hydrogen-bond acceptors (Lipinski definition) is 5. The molecule has 4 rings (SSSR count). The van der Waals surface area contributed by atoms with Crippen LogP contribution in [0.2, 0.25) is 0 Å². The summed E-state index contributed by atoms with van der Waals surface area (Å²) in [5.74, 6) is 0.129. The maximum atomic E-state index is 13.1. The molecule has 2 aliphatic heterocycles. The van der Waals surface area contributed by atoms with Crippen molar-refractivity contribution >= 4 is 28.8 Å². The molecular weight excluding hydrogens is 324 g/mol. The zero-order chi connectivity index (χ0) is 16.6. The van der Waals surface area contributed by atoms with Gasteiger partial charge in [-0.25, -0.2) is 9.97 Å². The van der Waals surface area contributed by atoms with Crippen molar-refractivity contribution < 1.29 is 9.59 Å². The Hall–Kier alpha value is -2.28. The van der Waals surface area contributed by atoms with E-state index in [0.717, 1.165) is 37.1 Å². The SMILES string of the molecule is O=C(c1ccsc1)N1CCCC2(CCN(c3cncnc3)C2=O)C1. The van der Waals surface area contributed by atoms with Crippen LogP contribution in [0.4, 0.5) is 5.69 Å². The van der Waals surface area contributed by atoms with Gasteiger partial charge in [-0.2, -0.15) is 11.3 Å². The van der Waals surface area contributed by atoms with Crippen LogP contribution in [0, 0.1) is 5.41 Å². The number of rotatable bonds is 2. The smallest absolute Gasteiger partial charge is 0.254 e. The lowest BCUT2D eigenvalue weighted by Crippen LogP contribution is -2.49. The molecule has 1 atom stereocenters. The highest BCUT2D eigenvalue weighted by atomic mass is 32.1. The van der Waals surface area contributed by atoms with Crippen molar-refractivity contribution in [3.63, 3.8) is 0 Å². The molecule has 0 aromatic carbocycles. The topological polar surface area (TPSA) is 66.4 Å². The van der Waals surface area contributed by atoms with Crippen molar-refractivity contribution in [3.8, 4) is 0 Å². The number of anilines is 1. The Morgan fingerprint density at radius 3 is 2.79 bits per heavy atom. The van der Waals surface area contributed by atoms with Crippen LogP contribution in [-0.4, -0.2) is 46.3 Å². The van der Waals surface area contributed by atoms with Crippen LogP contribution >= 0.6 is 11.3 Å². The fraction of sp³-hybridized carbons (Fsp3) is 0.412. The first-order valence-electron chi connectivity index (χ1n) is 8.08. The Labute approximate surface area is 144 Å². The number of piperidine rings is 1. The van der Waals surface area contributed by atoms with Gasteiger partial charge in [0.25, 0.3) is 5.91 Å². The average Bonchev–Trinajstić information content (AvgIpc) is 3.26. The lowest BCUT2D eigenvalue weighted by atomic mass is 9.78. The molecule has 2 aromatic heterocycles. The molecule has 24 heavy (non-hydrogen) atoms. The number of likely N-dealkylation sites (tertiary alicyclic amines) is 1. The van der Waals surface area contributed by atoms with E-state index >= 15 is 0 Å². The minimum atomic E-state index is -0.459. The third kappa shape index (κ3) is 2.49. The van der Waals surface area contributed by atoms with Crippen molar-refractivity contribution in [2.45, 2.75) is 19.3 Å². The first-order valence-corrected chi connectivity index (χ1v) is 9.02. The second-order valence-corrected chi connectivity index (χ2v) is 7.21. The number of hydrogen-bond donors (Lipinski definition) is 0. The highest BCUT2D eigenvalue weighted by Crippen LogP contribution is 2.41. The summed E-state index contributed by atoms with van der Waals surface area (Å²) in [6.07, 6.45) is 7.27. The average molecular weight is 342 g/mol. The molecule has 4 heterocycles. The van der Waals surface area contributed by atoms with Gasteiger partial charge in [-0.15, -0.1) is 0 Å². The van der Waals surface area contributed by atoms with Crippen LogP contribution in [0.3, 0.4) is 0 Å². The van der Waals surface area contributed by atoms with Gasteiger partial charge in [0.15, 0.2) is 0 Å². The minimum Gasteiger partial charge on any atom is -0.338 e. The van der Waals surface area contributed by atoms with Gasteiger partial charge in [-0.05, 0) is 30.7 Å². The molecule has 2 fully saturated rings. The van der Waals surface area contributed by atoms with Crippen molar-refractivity contribution in [2.75, 3.05) is 24.5 Å². The number of thiophene rings is 1. The summed E-state index contributed by atoms with van der Waals surface area (Å²) in [4.78, 5) is 37.3. The lowest BCUT2D eigenvalue weighted by molar-refractivity contribution is -0.127. The van der Waals surface area contributed by atoms with Crippen molar-refractivity contribution in [2.24, 2.45) is 5.41 Å². The van der Waals surface area contributed by atoms with Crippen LogP contribution < -0.4 is 4.90 Å². The molecule has 2 aromatic rings. The molecule has 0 aliphatic carbocycles. The van der Waals surface area contributed by atoms with E-state index in [4.69, 9.17) is 0 Å². The lowest BCUT2D eigenvalue weighted by Gasteiger charge is -2.39. The maximum Gasteiger partial charge on any atom is 0.254 e. The number of nitrogens with zero attached hydrogens (tertiary/aromatic N) is 4. The normalized spacial score (nSPS) is 23.9. The first kappa shape index (κ1) is 15.3. The van der Waals surface area contributed by atoms with E-state index in [1.54, 1.807) is 17.3 Å². The molecule has 1 spiro atoms. The van der Waals surface area contributed by atoms with Gasteiger partial charge in [0.05, 0.1) is 29.1 Å². The predicted molar refractivity (Wildman–Crippen MR) is 90.9 cm³/mol. The molecular formula is C17H18N4O2S. The van der Waals surface area contributed by atoms with E-state index in [0.29, 0.717) is 13.1 Å².